The minimum atomic E-state index is -0.463. The molecule has 0 atom stereocenters. The van der Waals surface area contributed by atoms with E-state index in [2.05, 4.69) is 0 Å². The van der Waals surface area contributed by atoms with E-state index in [-0.39, 0.29) is 5.69 Å². The maximum absolute atomic E-state index is 11.2. The molecule has 0 saturated carbocycles. The summed E-state index contributed by atoms with van der Waals surface area (Å²) in [6.45, 7) is 0.552. The SMILES string of the molecule is CSc1ccc(CN(C)c2ccc(C=O)cc2[N+](=O)[O-])cc1. The van der Waals surface area contributed by atoms with Crippen LogP contribution in [-0.4, -0.2) is 24.5 Å². The normalized spacial score (nSPS) is 10.3. The molecule has 22 heavy (non-hydrogen) atoms. The molecule has 6 heteroatoms. The molecule has 0 radical (unpaired) electrons. The first-order valence-corrected chi connectivity index (χ1v) is 7.85. The Hall–Kier alpha value is -2.34. The Kier molecular flexibility index (Phi) is 5.16. The number of hydrogen-bond donors (Lipinski definition) is 0. The number of hydrogen-bond acceptors (Lipinski definition) is 5. The van der Waals surface area contributed by atoms with Crippen molar-refractivity contribution in [1.29, 1.82) is 0 Å². The molecule has 0 aromatic heterocycles. The van der Waals surface area contributed by atoms with Crippen LogP contribution in [0.4, 0.5) is 11.4 Å². The molecule has 0 aliphatic heterocycles. The van der Waals surface area contributed by atoms with Crippen LogP contribution < -0.4 is 4.90 Å². The number of benzene rings is 2. The van der Waals surface area contributed by atoms with Crippen LogP contribution in [0.1, 0.15) is 15.9 Å². The van der Waals surface area contributed by atoms with Crippen LogP contribution in [0.2, 0.25) is 0 Å². The van der Waals surface area contributed by atoms with Gasteiger partial charge in [-0.15, -0.1) is 11.8 Å². The van der Waals surface area contributed by atoms with Crippen LogP contribution in [0.5, 0.6) is 0 Å². The highest BCUT2D eigenvalue weighted by Crippen LogP contribution is 2.29. The van der Waals surface area contributed by atoms with Gasteiger partial charge in [-0.2, -0.15) is 0 Å². The summed E-state index contributed by atoms with van der Waals surface area (Å²) in [5, 5.41) is 11.2. The van der Waals surface area contributed by atoms with Crippen LogP contribution in [0.25, 0.3) is 0 Å². The first-order valence-electron chi connectivity index (χ1n) is 6.63. The summed E-state index contributed by atoms with van der Waals surface area (Å²) in [4.78, 5) is 24.5. The van der Waals surface area contributed by atoms with Gasteiger partial charge in [-0.3, -0.25) is 14.9 Å². The molecule has 2 aromatic rings. The molecule has 0 aliphatic rings. The first kappa shape index (κ1) is 16.0. The molecule has 0 bridgehead atoms. The third kappa shape index (κ3) is 3.65. The van der Waals surface area contributed by atoms with Crippen LogP contribution in [-0.2, 0) is 6.54 Å². The third-order valence-corrected chi connectivity index (χ3v) is 4.07. The molecule has 0 fully saturated rings. The molecule has 5 nitrogen and oxygen atoms in total. The minimum absolute atomic E-state index is 0.0622. The lowest BCUT2D eigenvalue weighted by Crippen LogP contribution is -2.17. The predicted molar refractivity (Wildman–Crippen MR) is 88.8 cm³/mol. The smallest absolute Gasteiger partial charge is 0.293 e. The summed E-state index contributed by atoms with van der Waals surface area (Å²) in [7, 11) is 1.80. The van der Waals surface area contributed by atoms with Crippen LogP contribution in [0.3, 0.4) is 0 Å². The van der Waals surface area contributed by atoms with Gasteiger partial charge in [0.2, 0.25) is 0 Å². The summed E-state index contributed by atoms with van der Waals surface area (Å²) in [5.74, 6) is 0. The van der Waals surface area contributed by atoms with Crippen molar-refractivity contribution in [1.82, 2.24) is 0 Å². The van der Waals surface area contributed by atoms with Gasteiger partial charge in [0.1, 0.15) is 12.0 Å². The Balaban J connectivity index is 2.26. The highest BCUT2D eigenvalue weighted by Gasteiger charge is 2.18. The van der Waals surface area contributed by atoms with Crippen molar-refractivity contribution in [2.75, 3.05) is 18.2 Å². The zero-order chi connectivity index (χ0) is 16.1. The van der Waals surface area contributed by atoms with Crippen molar-refractivity contribution in [3.8, 4) is 0 Å². The summed E-state index contributed by atoms with van der Waals surface area (Å²) in [6.07, 6.45) is 2.62. The molecule has 2 aromatic carbocycles. The fourth-order valence-electron chi connectivity index (χ4n) is 2.17. The van der Waals surface area contributed by atoms with Crippen molar-refractivity contribution in [3.63, 3.8) is 0 Å². The van der Waals surface area contributed by atoms with E-state index in [4.69, 9.17) is 0 Å². The van der Waals surface area contributed by atoms with Gasteiger partial charge in [0.25, 0.3) is 5.69 Å². The molecule has 114 valence electrons. The first-order chi connectivity index (χ1) is 10.5. The van der Waals surface area contributed by atoms with Crippen molar-refractivity contribution in [2.24, 2.45) is 0 Å². The number of aldehydes is 1. The number of nitro groups is 1. The zero-order valence-electron chi connectivity index (χ0n) is 12.4. The maximum Gasteiger partial charge on any atom is 0.293 e. The van der Waals surface area contributed by atoms with E-state index in [1.165, 1.54) is 11.0 Å². The molecule has 2 rings (SSSR count). The Labute approximate surface area is 133 Å². The monoisotopic (exact) mass is 316 g/mol. The topological polar surface area (TPSA) is 63.5 Å². The van der Waals surface area contributed by atoms with Gasteiger partial charge in [-0.25, -0.2) is 0 Å². The van der Waals surface area contributed by atoms with E-state index >= 15 is 0 Å². The summed E-state index contributed by atoms with van der Waals surface area (Å²) < 4.78 is 0. The highest BCUT2D eigenvalue weighted by molar-refractivity contribution is 7.98. The fraction of sp³-hybridized carbons (Fsp3) is 0.188. The second-order valence-electron chi connectivity index (χ2n) is 4.83. The van der Waals surface area contributed by atoms with Gasteiger partial charge < -0.3 is 4.90 Å². The van der Waals surface area contributed by atoms with E-state index in [0.29, 0.717) is 24.1 Å². The van der Waals surface area contributed by atoms with Gasteiger partial charge in [-0.05, 0) is 36.1 Å². The van der Waals surface area contributed by atoms with Gasteiger partial charge in [0.05, 0.1) is 4.92 Å². The Bertz CT molecular complexity index is 686. The van der Waals surface area contributed by atoms with Gasteiger partial charge in [0.15, 0.2) is 0 Å². The largest absolute Gasteiger partial charge is 0.365 e. The number of thioether (sulfide) groups is 1. The second kappa shape index (κ2) is 7.09. The van der Waals surface area contributed by atoms with Crippen molar-refractivity contribution in [3.05, 3.63) is 63.7 Å². The van der Waals surface area contributed by atoms with E-state index in [1.54, 1.807) is 35.8 Å². The Morgan fingerprint density at radius 2 is 1.91 bits per heavy atom. The number of carbonyl (C=O) groups is 1. The average Bonchev–Trinajstić information content (AvgIpc) is 2.54. The molecule has 0 heterocycles. The molecule has 0 aliphatic carbocycles. The molecule has 0 amide bonds. The van der Waals surface area contributed by atoms with Crippen LogP contribution in [0, 0.1) is 10.1 Å². The van der Waals surface area contributed by atoms with Crippen molar-refractivity contribution >= 4 is 29.4 Å². The third-order valence-electron chi connectivity index (χ3n) is 3.32. The second-order valence-corrected chi connectivity index (χ2v) is 5.71. The minimum Gasteiger partial charge on any atom is -0.365 e. The quantitative estimate of drug-likeness (QED) is 0.351. The van der Waals surface area contributed by atoms with E-state index in [1.807, 2.05) is 30.5 Å². The van der Waals surface area contributed by atoms with Gasteiger partial charge >= 0.3 is 0 Å². The van der Waals surface area contributed by atoms with E-state index < -0.39 is 4.92 Å². The predicted octanol–water partition coefficient (Wildman–Crippen LogP) is 3.77. The number of carbonyl (C=O) groups excluding carboxylic acids is 1. The highest BCUT2D eigenvalue weighted by atomic mass is 32.2. The Morgan fingerprint density at radius 1 is 1.23 bits per heavy atom. The average molecular weight is 316 g/mol. The van der Waals surface area contributed by atoms with Gasteiger partial charge in [0, 0.05) is 30.1 Å². The maximum atomic E-state index is 11.2. The lowest BCUT2D eigenvalue weighted by Gasteiger charge is -2.19. The standard InChI is InChI=1S/C16H16N2O3S/c1-17(10-12-3-6-14(22-2)7-4-12)15-8-5-13(11-19)9-16(15)18(20)21/h3-9,11H,10H2,1-2H3. The number of rotatable bonds is 6. The van der Waals surface area contributed by atoms with Gasteiger partial charge in [-0.1, -0.05) is 12.1 Å². The zero-order valence-corrected chi connectivity index (χ0v) is 13.2. The van der Waals surface area contributed by atoms with E-state index in [9.17, 15) is 14.9 Å². The van der Waals surface area contributed by atoms with Crippen LogP contribution in [0.15, 0.2) is 47.4 Å². The molecular weight excluding hydrogens is 300 g/mol. The molecule has 0 N–H and O–H groups in total. The molecule has 0 unspecified atom stereocenters. The lowest BCUT2D eigenvalue weighted by atomic mass is 10.1. The van der Waals surface area contributed by atoms with Crippen LogP contribution >= 0.6 is 11.8 Å². The summed E-state index contributed by atoms with van der Waals surface area (Å²) >= 11 is 1.67. The molecule has 0 spiro atoms. The number of nitro benzene ring substituents is 1. The number of anilines is 1. The molecule has 0 saturated heterocycles. The summed E-state index contributed by atoms with van der Waals surface area (Å²) in [5.41, 5.74) is 1.79. The molecular formula is C16H16N2O3S. The Morgan fingerprint density at radius 3 is 2.45 bits per heavy atom. The van der Waals surface area contributed by atoms with E-state index in [0.717, 1.165) is 5.56 Å². The van der Waals surface area contributed by atoms with Crippen molar-refractivity contribution < 1.29 is 9.72 Å². The number of nitrogens with zero attached hydrogens (tertiary/aromatic N) is 2. The fourth-order valence-corrected chi connectivity index (χ4v) is 2.58. The summed E-state index contributed by atoms with van der Waals surface area (Å²) in [6, 6.07) is 12.6. The lowest BCUT2D eigenvalue weighted by molar-refractivity contribution is -0.384. The van der Waals surface area contributed by atoms with Crippen molar-refractivity contribution in [2.45, 2.75) is 11.4 Å².